The van der Waals surface area contributed by atoms with E-state index in [-0.39, 0.29) is 10.7 Å². The maximum atomic E-state index is 12.5. The van der Waals surface area contributed by atoms with Crippen molar-refractivity contribution in [1.82, 2.24) is 4.98 Å². The van der Waals surface area contributed by atoms with Gasteiger partial charge in [-0.3, -0.25) is 9.52 Å². The van der Waals surface area contributed by atoms with Crippen LogP contribution in [0.5, 0.6) is 0 Å². The second kappa shape index (κ2) is 5.31. The third-order valence-corrected chi connectivity index (χ3v) is 4.75. The van der Waals surface area contributed by atoms with E-state index in [1.54, 1.807) is 30.5 Å². The highest BCUT2D eigenvalue weighted by atomic mass is 32.2. The van der Waals surface area contributed by atoms with Gasteiger partial charge in [-0.25, -0.2) is 8.42 Å². The van der Waals surface area contributed by atoms with Crippen LogP contribution in [0.4, 0.5) is 5.69 Å². The molecule has 0 saturated carbocycles. The summed E-state index contributed by atoms with van der Waals surface area (Å²) in [5.41, 5.74) is 1.55. The number of ketones is 1. The lowest BCUT2D eigenvalue weighted by Crippen LogP contribution is -2.13. The van der Waals surface area contributed by atoms with Gasteiger partial charge in [-0.1, -0.05) is 24.3 Å². The number of hydrogen-bond acceptors (Lipinski definition) is 3. The van der Waals surface area contributed by atoms with Crippen LogP contribution in [-0.2, 0) is 10.0 Å². The smallest absolute Gasteiger partial charge is 0.261 e. The quantitative estimate of drug-likeness (QED) is 0.726. The lowest BCUT2D eigenvalue weighted by atomic mass is 10.2. The van der Waals surface area contributed by atoms with Crippen molar-refractivity contribution in [2.75, 3.05) is 4.72 Å². The fourth-order valence-corrected chi connectivity index (χ4v) is 3.37. The molecule has 0 aliphatic heterocycles. The van der Waals surface area contributed by atoms with Gasteiger partial charge in [0.25, 0.3) is 10.0 Å². The summed E-state index contributed by atoms with van der Waals surface area (Å²) in [5.74, 6) is -0.177. The summed E-state index contributed by atoms with van der Waals surface area (Å²) >= 11 is 0. The number of sulfonamides is 1. The van der Waals surface area contributed by atoms with E-state index in [0.29, 0.717) is 16.8 Å². The maximum Gasteiger partial charge on any atom is 0.261 e. The minimum atomic E-state index is -3.76. The Balaban J connectivity index is 2.02. The van der Waals surface area contributed by atoms with Crippen molar-refractivity contribution in [1.29, 1.82) is 0 Å². The third-order valence-electron chi connectivity index (χ3n) is 3.38. The Morgan fingerprint density at radius 2 is 1.86 bits per heavy atom. The Morgan fingerprint density at radius 1 is 1.09 bits per heavy atom. The first-order valence-corrected chi connectivity index (χ1v) is 8.15. The summed E-state index contributed by atoms with van der Waals surface area (Å²) in [6.45, 7) is 1.40. The van der Waals surface area contributed by atoms with Crippen molar-refractivity contribution in [3.05, 3.63) is 60.3 Å². The minimum Gasteiger partial charge on any atom is -0.359 e. The van der Waals surface area contributed by atoms with Crippen molar-refractivity contribution in [3.63, 3.8) is 0 Å². The van der Waals surface area contributed by atoms with Crippen molar-refractivity contribution in [3.8, 4) is 0 Å². The molecule has 0 atom stereocenters. The molecule has 0 bridgehead atoms. The number of benzene rings is 2. The summed E-state index contributed by atoms with van der Waals surface area (Å²) in [7, 11) is -3.76. The highest BCUT2D eigenvalue weighted by Crippen LogP contribution is 2.24. The molecule has 0 spiro atoms. The molecular weight excluding hydrogens is 300 g/mol. The van der Waals surface area contributed by atoms with Crippen LogP contribution < -0.4 is 4.72 Å². The first-order chi connectivity index (χ1) is 10.5. The van der Waals surface area contributed by atoms with Gasteiger partial charge in [0.2, 0.25) is 0 Å². The fraction of sp³-hybridized carbons (Fsp3) is 0.0625. The molecular formula is C16H14N2O3S. The first kappa shape index (κ1) is 14.3. The highest BCUT2D eigenvalue weighted by Gasteiger charge is 2.17. The third kappa shape index (κ3) is 2.60. The molecule has 0 aliphatic carbocycles. The Labute approximate surface area is 128 Å². The number of aromatic amines is 1. The van der Waals surface area contributed by atoms with E-state index in [0.717, 1.165) is 5.39 Å². The van der Waals surface area contributed by atoms with E-state index in [2.05, 4.69) is 9.71 Å². The lowest BCUT2D eigenvalue weighted by Gasteiger charge is -2.10. The predicted molar refractivity (Wildman–Crippen MR) is 85.6 cm³/mol. The van der Waals surface area contributed by atoms with Gasteiger partial charge in [0, 0.05) is 17.1 Å². The Kier molecular flexibility index (Phi) is 3.46. The highest BCUT2D eigenvalue weighted by molar-refractivity contribution is 7.92. The number of nitrogens with one attached hydrogen (secondary N) is 2. The summed E-state index contributed by atoms with van der Waals surface area (Å²) in [5, 5.41) is 0.915. The average molecular weight is 314 g/mol. The minimum absolute atomic E-state index is 0.0590. The molecule has 0 unspecified atom stereocenters. The predicted octanol–water partition coefficient (Wildman–Crippen LogP) is 3.17. The number of anilines is 1. The first-order valence-electron chi connectivity index (χ1n) is 6.67. The number of para-hydroxylation sites is 1. The van der Waals surface area contributed by atoms with Crippen molar-refractivity contribution in [2.24, 2.45) is 0 Å². The summed E-state index contributed by atoms with van der Waals surface area (Å²) in [6, 6.07) is 13.2. The van der Waals surface area contributed by atoms with Gasteiger partial charge in [0.1, 0.15) is 0 Å². The molecule has 0 fully saturated rings. The second-order valence-electron chi connectivity index (χ2n) is 4.94. The number of hydrogen-bond donors (Lipinski definition) is 2. The van der Waals surface area contributed by atoms with E-state index >= 15 is 0 Å². The van der Waals surface area contributed by atoms with Gasteiger partial charge < -0.3 is 4.98 Å². The topological polar surface area (TPSA) is 79.0 Å². The van der Waals surface area contributed by atoms with Crippen molar-refractivity contribution in [2.45, 2.75) is 11.8 Å². The molecule has 1 heterocycles. The molecule has 0 aliphatic rings. The van der Waals surface area contributed by atoms with Crippen molar-refractivity contribution < 1.29 is 13.2 Å². The van der Waals surface area contributed by atoms with Crippen LogP contribution in [0.15, 0.2) is 59.6 Å². The number of fused-ring (bicyclic) bond motifs is 1. The maximum absolute atomic E-state index is 12.5. The Bertz CT molecular complexity index is 958. The number of carbonyl (C=O) groups excluding carboxylic acids is 1. The van der Waals surface area contributed by atoms with E-state index in [9.17, 15) is 13.2 Å². The molecule has 0 radical (unpaired) electrons. The van der Waals surface area contributed by atoms with Gasteiger partial charge >= 0.3 is 0 Å². The second-order valence-corrected chi connectivity index (χ2v) is 6.62. The lowest BCUT2D eigenvalue weighted by molar-refractivity contribution is 0.101. The zero-order valence-corrected chi connectivity index (χ0v) is 12.6. The monoisotopic (exact) mass is 314 g/mol. The molecule has 2 aromatic carbocycles. The Morgan fingerprint density at radius 3 is 2.64 bits per heavy atom. The number of aromatic nitrogens is 1. The zero-order chi connectivity index (χ0) is 15.7. The Hall–Kier alpha value is -2.60. The number of Topliss-reactive ketones (excluding diaryl/α,β-unsaturated/α-hetero) is 1. The number of carbonyl (C=O) groups is 1. The van der Waals surface area contributed by atoms with Crippen LogP contribution in [0.3, 0.4) is 0 Å². The number of H-pyrrole nitrogens is 1. The summed E-state index contributed by atoms with van der Waals surface area (Å²) in [4.78, 5) is 14.5. The largest absolute Gasteiger partial charge is 0.359 e. The van der Waals surface area contributed by atoms with E-state index in [1.807, 2.05) is 12.1 Å². The van der Waals surface area contributed by atoms with Crippen LogP contribution in [-0.4, -0.2) is 19.2 Å². The molecule has 112 valence electrons. The summed E-state index contributed by atoms with van der Waals surface area (Å²) in [6.07, 6.45) is 1.75. The molecule has 6 heteroatoms. The zero-order valence-electron chi connectivity index (χ0n) is 11.8. The van der Waals surface area contributed by atoms with E-state index in [1.165, 1.54) is 19.1 Å². The van der Waals surface area contributed by atoms with Crippen molar-refractivity contribution >= 4 is 32.4 Å². The van der Waals surface area contributed by atoms with E-state index in [4.69, 9.17) is 0 Å². The van der Waals surface area contributed by atoms with Gasteiger partial charge in [0.15, 0.2) is 5.78 Å². The van der Waals surface area contributed by atoms with Crippen LogP contribution in [0.1, 0.15) is 17.3 Å². The molecule has 3 rings (SSSR count). The standard InChI is InChI=1S/C16H14N2O3S/c1-11(19)13-5-2-6-14(10-13)22(20,21)18-15-7-3-4-12-8-9-17-16(12)15/h2-10,17-18H,1H3. The molecule has 22 heavy (non-hydrogen) atoms. The fourth-order valence-electron chi connectivity index (χ4n) is 2.26. The number of rotatable bonds is 4. The van der Waals surface area contributed by atoms with Gasteiger partial charge in [-0.15, -0.1) is 0 Å². The molecule has 1 aromatic heterocycles. The molecule has 0 amide bonds. The van der Waals surface area contributed by atoms with Gasteiger partial charge in [-0.05, 0) is 31.2 Å². The van der Waals surface area contributed by atoms with Crippen LogP contribution >= 0.6 is 0 Å². The molecule has 2 N–H and O–H groups in total. The van der Waals surface area contributed by atoms with Crippen LogP contribution in [0.25, 0.3) is 10.9 Å². The van der Waals surface area contributed by atoms with Gasteiger partial charge in [0.05, 0.1) is 16.1 Å². The summed E-state index contributed by atoms with van der Waals surface area (Å²) < 4.78 is 27.6. The van der Waals surface area contributed by atoms with E-state index < -0.39 is 10.0 Å². The molecule has 3 aromatic rings. The van der Waals surface area contributed by atoms with Crippen LogP contribution in [0, 0.1) is 0 Å². The molecule has 5 nitrogen and oxygen atoms in total. The average Bonchev–Trinajstić information content (AvgIpc) is 2.97. The van der Waals surface area contributed by atoms with Crippen LogP contribution in [0.2, 0.25) is 0 Å². The normalized spacial score (nSPS) is 11.5. The SMILES string of the molecule is CC(=O)c1cccc(S(=O)(=O)Nc2cccc3cc[nH]c23)c1. The van der Waals surface area contributed by atoms with Gasteiger partial charge in [-0.2, -0.15) is 0 Å². The molecule has 0 saturated heterocycles.